The SMILES string of the molecule is COc1ccc(N)c(SCC2CCCN(S(C)(=O)=O)C2)c1. The Bertz CT molecular complexity index is 590. The number of methoxy groups -OCH3 is 1. The van der Waals surface area contributed by atoms with Crippen molar-refractivity contribution in [2.24, 2.45) is 5.92 Å². The lowest BCUT2D eigenvalue weighted by atomic mass is 10.0. The largest absolute Gasteiger partial charge is 0.497 e. The minimum absolute atomic E-state index is 0.365. The lowest BCUT2D eigenvalue weighted by Crippen LogP contribution is -2.39. The number of nitrogen functional groups attached to an aromatic ring is 1. The first kappa shape index (κ1) is 16.5. The molecule has 1 fully saturated rings. The van der Waals surface area contributed by atoms with E-state index in [4.69, 9.17) is 10.5 Å². The van der Waals surface area contributed by atoms with Crippen molar-refractivity contribution in [1.82, 2.24) is 4.31 Å². The zero-order chi connectivity index (χ0) is 15.5. The lowest BCUT2D eigenvalue weighted by Gasteiger charge is -2.30. The molecule has 1 aromatic carbocycles. The van der Waals surface area contributed by atoms with Crippen molar-refractivity contribution in [2.75, 3.05) is 37.9 Å². The highest BCUT2D eigenvalue weighted by Crippen LogP contribution is 2.32. The predicted molar refractivity (Wildman–Crippen MR) is 87.3 cm³/mol. The van der Waals surface area contributed by atoms with E-state index in [1.807, 2.05) is 18.2 Å². The van der Waals surface area contributed by atoms with Crippen LogP contribution in [0.5, 0.6) is 5.75 Å². The van der Waals surface area contributed by atoms with Crippen LogP contribution in [0.15, 0.2) is 23.1 Å². The minimum atomic E-state index is -3.08. The van der Waals surface area contributed by atoms with Gasteiger partial charge in [-0.1, -0.05) is 0 Å². The molecule has 2 rings (SSSR count). The summed E-state index contributed by atoms with van der Waals surface area (Å²) in [6, 6.07) is 5.60. The molecular formula is C14H22N2O3S2. The van der Waals surface area contributed by atoms with Gasteiger partial charge in [0, 0.05) is 29.4 Å². The van der Waals surface area contributed by atoms with Crippen LogP contribution in [0.4, 0.5) is 5.69 Å². The third kappa shape index (κ3) is 4.52. The molecule has 21 heavy (non-hydrogen) atoms. The Morgan fingerprint density at radius 3 is 2.90 bits per heavy atom. The van der Waals surface area contributed by atoms with Crippen LogP contribution >= 0.6 is 11.8 Å². The Hall–Kier alpha value is -0.920. The highest BCUT2D eigenvalue weighted by Gasteiger charge is 2.25. The number of thioether (sulfide) groups is 1. The molecule has 0 saturated carbocycles. The third-order valence-corrected chi connectivity index (χ3v) is 6.22. The van der Waals surface area contributed by atoms with Gasteiger partial charge in [-0.15, -0.1) is 11.8 Å². The number of piperidine rings is 1. The fraction of sp³-hybridized carbons (Fsp3) is 0.571. The van der Waals surface area contributed by atoms with Crippen molar-refractivity contribution in [3.05, 3.63) is 18.2 Å². The molecule has 1 aromatic rings. The molecule has 1 unspecified atom stereocenters. The zero-order valence-corrected chi connectivity index (χ0v) is 14.0. The van der Waals surface area contributed by atoms with Gasteiger partial charge in [0.2, 0.25) is 10.0 Å². The Balaban J connectivity index is 1.97. The molecule has 1 aliphatic heterocycles. The summed E-state index contributed by atoms with van der Waals surface area (Å²) in [7, 11) is -1.45. The highest BCUT2D eigenvalue weighted by molar-refractivity contribution is 7.99. The summed E-state index contributed by atoms with van der Waals surface area (Å²) in [5, 5.41) is 0. The van der Waals surface area contributed by atoms with Gasteiger partial charge < -0.3 is 10.5 Å². The molecule has 2 N–H and O–H groups in total. The van der Waals surface area contributed by atoms with Gasteiger partial charge in [-0.2, -0.15) is 0 Å². The summed E-state index contributed by atoms with van der Waals surface area (Å²) in [5.74, 6) is 2.01. The lowest BCUT2D eigenvalue weighted by molar-refractivity contribution is 0.286. The maximum atomic E-state index is 11.6. The average Bonchev–Trinajstić information content (AvgIpc) is 2.46. The van der Waals surface area contributed by atoms with Gasteiger partial charge in [-0.05, 0) is 37.0 Å². The quantitative estimate of drug-likeness (QED) is 0.661. The topological polar surface area (TPSA) is 72.6 Å². The van der Waals surface area contributed by atoms with E-state index < -0.39 is 10.0 Å². The Morgan fingerprint density at radius 1 is 1.48 bits per heavy atom. The number of rotatable bonds is 5. The number of benzene rings is 1. The molecule has 1 aliphatic rings. The average molecular weight is 330 g/mol. The molecule has 0 spiro atoms. The first-order valence-electron chi connectivity index (χ1n) is 6.91. The number of sulfonamides is 1. The standard InChI is InChI=1S/C14H22N2O3S2/c1-19-12-5-6-13(15)14(8-12)20-10-11-4-3-7-16(9-11)21(2,17)18/h5-6,8,11H,3-4,7,9-10,15H2,1-2H3. The highest BCUT2D eigenvalue weighted by atomic mass is 32.2. The van der Waals surface area contributed by atoms with E-state index in [0.29, 0.717) is 19.0 Å². The van der Waals surface area contributed by atoms with Crippen molar-refractivity contribution >= 4 is 27.5 Å². The molecule has 0 radical (unpaired) electrons. The van der Waals surface area contributed by atoms with Gasteiger partial charge >= 0.3 is 0 Å². The molecule has 0 bridgehead atoms. The van der Waals surface area contributed by atoms with Crippen LogP contribution in [0.2, 0.25) is 0 Å². The van der Waals surface area contributed by atoms with Gasteiger partial charge in [0.25, 0.3) is 0 Å². The van der Waals surface area contributed by atoms with Crippen LogP contribution in [0, 0.1) is 5.92 Å². The maximum absolute atomic E-state index is 11.6. The Morgan fingerprint density at radius 2 is 2.24 bits per heavy atom. The number of anilines is 1. The second kappa shape index (κ2) is 6.89. The van der Waals surface area contributed by atoms with E-state index in [-0.39, 0.29) is 0 Å². The van der Waals surface area contributed by atoms with Gasteiger partial charge in [-0.25, -0.2) is 12.7 Å². The Kier molecular flexibility index (Phi) is 5.40. The summed E-state index contributed by atoms with van der Waals surface area (Å²) in [4.78, 5) is 0.992. The van der Waals surface area contributed by atoms with Crippen molar-refractivity contribution in [2.45, 2.75) is 17.7 Å². The number of hydrogen-bond acceptors (Lipinski definition) is 5. The molecule has 1 heterocycles. The normalized spacial score (nSPS) is 20.4. The number of ether oxygens (including phenoxy) is 1. The maximum Gasteiger partial charge on any atom is 0.211 e. The van der Waals surface area contributed by atoms with E-state index in [9.17, 15) is 8.42 Å². The molecule has 0 amide bonds. The number of nitrogens with two attached hydrogens (primary N) is 1. The smallest absolute Gasteiger partial charge is 0.211 e. The second-order valence-corrected chi connectivity index (χ2v) is 8.39. The molecule has 0 aliphatic carbocycles. The van der Waals surface area contributed by atoms with E-state index in [0.717, 1.165) is 34.9 Å². The molecule has 0 aromatic heterocycles. The van der Waals surface area contributed by atoms with Crippen LogP contribution < -0.4 is 10.5 Å². The van der Waals surface area contributed by atoms with E-state index in [1.54, 1.807) is 23.2 Å². The van der Waals surface area contributed by atoms with Crippen LogP contribution in [-0.2, 0) is 10.0 Å². The van der Waals surface area contributed by atoms with Crippen molar-refractivity contribution in [3.63, 3.8) is 0 Å². The summed E-state index contributed by atoms with van der Waals surface area (Å²) >= 11 is 1.67. The summed E-state index contributed by atoms with van der Waals surface area (Å²) in [5.41, 5.74) is 6.71. The number of hydrogen-bond donors (Lipinski definition) is 1. The van der Waals surface area contributed by atoms with Gasteiger partial charge in [0.1, 0.15) is 5.75 Å². The summed E-state index contributed by atoms with van der Waals surface area (Å²) in [6.07, 6.45) is 3.26. The molecule has 1 saturated heterocycles. The van der Waals surface area contributed by atoms with Crippen molar-refractivity contribution < 1.29 is 13.2 Å². The van der Waals surface area contributed by atoms with Gasteiger partial charge in [-0.3, -0.25) is 0 Å². The number of nitrogens with zero attached hydrogens (tertiary/aromatic N) is 1. The zero-order valence-electron chi connectivity index (χ0n) is 12.4. The minimum Gasteiger partial charge on any atom is -0.497 e. The second-order valence-electron chi connectivity index (χ2n) is 5.34. The Labute approximate surface area is 130 Å². The van der Waals surface area contributed by atoms with E-state index >= 15 is 0 Å². The third-order valence-electron chi connectivity index (χ3n) is 3.65. The van der Waals surface area contributed by atoms with Crippen LogP contribution in [-0.4, -0.2) is 44.9 Å². The van der Waals surface area contributed by atoms with Gasteiger partial charge in [0.15, 0.2) is 0 Å². The first-order valence-corrected chi connectivity index (χ1v) is 9.75. The van der Waals surface area contributed by atoms with Crippen LogP contribution in [0.1, 0.15) is 12.8 Å². The van der Waals surface area contributed by atoms with Crippen LogP contribution in [0.25, 0.3) is 0 Å². The summed E-state index contributed by atoms with van der Waals surface area (Å²) < 4.78 is 30.0. The first-order chi connectivity index (χ1) is 9.90. The van der Waals surface area contributed by atoms with E-state index in [2.05, 4.69) is 0 Å². The van der Waals surface area contributed by atoms with Crippen molar-refractivity contribution in [1.29, 1.82) is 0 Å². The van der Waals surface area contributed by atoms with Gasteiger partial charge in [0.05, 0.1) is 13.4 Å². The molecule has 5 nitrogen and oxygen atoms in total. The fourth-order valence-electron chi connectivity index (χ4n) is 2.44. The van der Waals surface area contributed by atoms with E-state index in [1.165, 1.54) is 6.26 Å². The van der Waals surface area contributed by atoms with Crippen molar-refractivity contribution in [3.8, 4) is 5.75 Å². The monoisotopic (exact) mass is 330 g/mol. The molecular weight excluding hydrogens is 308 g/mol. The summed E-state index contributed by atoms with van der Waals surface area (Å²) in [6.45, 7) is 1.25. The molecule has 7 heteroatoms. The predicted octanol–water partition coefficient (Wildman–Crippen LogP) is 2.04. The fourth-order valence-corrected chi connectivity index (χ4v) is 4.50. The molecule has 1 atom stereocenters. The van der Waals surface area contributed by atoms with Crippen LogP contribution in [0.3, 0.4) is 0 Å². The molecule has 118 valence electrons.